The van der Waals surface area contributed by atoms with Crippen LogP contribution >= 0.6 is 11.6 Å². The molecule has 0 heterocycles. The highest BCUT2D eigenvalue weighted by Gasteiger charge is 2.24. The highest BCUT2D eigenvalue weighted by molar-refractivity contribution is 6.33. The molecule has 1 aliphatic carbocycles. The highest BCUT2D eigenvalue weighted by atomic mass is 35.5. The Hall–Kier alpha value is -1.02. The maximum absolute atomic E-state index is 11.2. The van der Waals surface area contributed by atoms with Gasteiger partial charge in [-0.2, -0.15) is 0 Å². The molecule has 19 heavy (non-hydrogen) atoms. The van der Waals surface area contributed by atoms with Gasteiger partial charge in [0.2, 0.25) is 0 Å². The molecule has 104 valence electrons. The molecule has 0 spiro atoms. The van der Waals surface area contributed by atoms with Crippen LogP contribution in [0.2, 0.25) is 5.02 Å². The molecule has 0 aromatic heterocycles. The largest absolute Gasteiger partial charge is 0.371 e. The maximum Gasteiger partial charge on any atom is 0.153 e. The van der Waals surface area contributed by atoms with Crippen LogP contribution in [-0.4, -0.2) is 19.4 Å². The Morgan fingerprint density at radius 1 is 1.32 bits per heavy atom. The Morgan fingerprint density at radius 3 is 2.58 bits per heavy atom. The Morgan fingerprint density at radius 2 is 2.00 bits per heavy atom. The fourth-order valence-corrected chi connectivity index (χ4v) is 3.30. The summed E-state index contributed by atoms with van der Waals surface area (Å²) in [5.74, 6) is 0.884. The van der Waals surface area contributed by atoms with Crippen LogP contribution in [0.1, 0.15) is 49.4 Å². The number of halogens is 1. The van der Waals surface area contributed by atoms with Gasteiger partial charge in [0.15, 0.2) is 6.29 Å². The topological polar surface area (TPSA) is 20.3 Å². The van der Waals surface area contributed by atoms with Gasteiger partial charge in [0.05, 0.1) is 10.6 Å². The summed E-state index contributed by atoms with van der Waals surface area (Å²) < 4.78 is 0. The molecule has 0 saturated heterocycles. The first-order valence-electron chi connectivity index (χ1n) is 7.13. The molecule has 0 atom stereocenters. The van der Waals surface area contributed by atoms with Crippen LogP contribution < -0.4 is 4.90 Å². The third-order valence-corrected chi connectivity index (χ3v) is 4.80. The van der Waals surface area contributed by atoms with Crippen molar-refractivity contribution < 1.29 is 4.79 Å². The van der Waals surface area contributed by atoms with Crippen molar-refractivity contribution >= 4 is 23.6 Å². The normalized spacial score (nSPS) is 23.1. The molecular formula is C16H22ClNO. The number of benzene rings is 1. The van der Waals surface area contributed by atoms with E-state index in [0.717, 1.165) is 17.9 Å². The zero-order chi connectivity index (χ0) is 13.8. The lowest BCUT2D eigenvalue weighted by Crippen LogP contribution is -2.35. The fraction of sp³-hybridized carbons (Fsp3) is 0.562. The molecule has 1 saturated carbocycles. The summed E-state index contributed by atoms with van der Waals surface area (Å²) >= 11 is 6.10. The monoisotopic (exact) mass is 279 g/mol. The molecule has 0 N–H and O–H groups in total. The predicted molar refractivity (Wildman–Crippen MR) is 81.3 cm³/mol. The average molecular weight is 280 g/mol. The zero-order valence-electron chi connectivity index (χ0n) is 11.7. The number of rotatable bonds is 4. The van der Waals surface area contributed by atoms with Crippen LogP contribution in [0.4, 0.5) is 5.69 Å². The Labute approximate surface area is 120 Å². The summed E-state index contributed by atoms with van der Waals surface area (Å²) in [6.45, 7) is 2.27. The second-order valence-electron chi connectivity index (χ2n) is 5.48. The minimum Gasteiger partial charge on any atom is -0.371 e. The molecule has 2 rings (SSSR count). The molecule has 0 radical (unpaired) electrons. The van der Waals surface area contributed by atoms with Gasteiger partial charge in [-0.3, -0.25) is 4.79 Å². The van der Waals surface area contributed by atoms with Crippen LogP contribution in [0.15, 0.2) is 18.2 Å². The first-order valence-corrected chi connectivity index (χ1v) is 7.51. The van der Waals surface area contributed by atoms with Gasteiger partial charge in [0.25, 0.3) is 0 Å². The van der Waals surface area contributed by atoms with E-state index in [1.165, 1.54) is 32.1 Å². The van der Waals surface area contributed by atoms with Crippen molar-refractivity contribution in [1.82, 2.24) is 0 Å². The van der Waals surface area contributed by atoms with Crippen LogP contribution in [-0.2, 0) is 0 Å². The van der Waals surface area contributed by atoms with Gasteiger partial charge in [0.1, 0.15) is 0 Å². The molecule has 1 aromatic carbocycles. The third kappa shape index (κ3) is 3.11. The van der Waals surface area contributed by atoms with Crippen molar-refractivity contribution in [2.45, 2.75) is 45.1 Å². The van der Waals surface area contributed by atoms with Crippen molar-refractivity contribution in [3.63, 3.8) is 0 Å². The summed E-state index contributed by atoms with van der Waals surface area (Å²) in [6.07, 6.45) is 7.16. The Kier molecular flexibility index (Phi) is 4.87. The number of carbonyl (C=O) groups is 1. The summed E-state index contributed by atoms with van der Waals surface area (Å²) in [6, 6.07) is 6.21. The van der Waals surface area contributed by atoms with E-state index in [9.17, 15) is 4.79 Å². The van der Waals surface area contributed by atoms with Crippen molar-refractivity contribution in [2.24, 2.45) is 5.92 Å². The minimum atomic E-state index is 0.528. The van der Waals surface area contributed by atoms with E-state index >= 15 is 0 Å². The van der Waals surface area contributed by atoms with Crippen molar-refractivity contribution in [3.8, 4) is 0 Å². The lowest BCUT2D eigenvalue weighted by Gasteiger charge is -2.36. The minimum absolute atomic E-state index is 0.528. The number of hydrogen-bond acceptors (Lipinski definition) is 2. The summed E-state index contributed by atoms with van der Waals surface area (Å²) in [4.78, 5) is 13.5. The first-order chi connectivity index (χ1) is 9.17. The summed E-state index contributed by atoms with van der Waals surface area (Å²) in [5.41, 5.74) is 1.58. The molecule has 0 amide bonds. The molecule has 0 bridgehead atoms. The van der Waals surface area contributed by atoms with Crippen molar-refractivity contribution in [1.29, 1.82) is 0 Å². The lowest BCUT2D eigenvalue weighted by molar-refractivity contribution is 0.112. The van der Waals surface area contributed by atoms with E-state index in [1.54, 1.807) is 6.07 Å². The standard InChI is InChI=1S/C16H22ClNO/c1-3-12-7-9-13(10-8-12)18(2)16-6-4-5-15(17)14(16)11-19/h4-6,11-13H,3,7-10H2,1-2H3. The smallest absolute Gasteiger partial charge is 0.153 e. The molecule has 1 aliphatic rings. The first kappa shape index (κ1) is 14.4. The SMILES string of the molecule is CCC1CCC(N(C)c2cccc(Cl)c2C=O)CC1. The summed E-state index contributed by atoms with van der Waals surface area (Å²) in [7, 11) is 2.08. The number of anilines is 1. The zero-order valence-corrected chi connectivity index (χ0v) is 12.5. The van der Waals surface area contributed by atoms with Gasteiger partial charge < -0.3 is 4.90 Å². The van der Waals surface area contributed by atoms with Gasteiger partial charge >= 0.3 is 0 Å². The van der Waals surface area contributed by atoms with Crippen LogP contribution in [0.25, 0.3) is 0 Å². The van der Waals surface area contributed by atoms with Gasteiger partial charge in [-0.05, 0) is 43.7 Å². The molecule has 1 aromatic rings. The Balaban J connectivity index is 2.14. The molecule has 3 heteroatoms. The third-order valence-electron chi connectivity index (χ3n) is 4.47. The average Bonchev–Trinajstić information content (AvgIpc) is 2.46. The van der Waals surface area contributed by atoms with Crippen molar-refractivity contribution in [3.05, 3.63) is 28.8 Å². The van der Waals surface area contributed by atoms with E-state index in [2.05, 4.69) is 18.9 Å². The van der Waals surface area contributed by atoms with Gasteiger partial charge in [-0.1, -0.05) is 31.0 Å². The quantitative estimate of drug-likeness (QED) is 0.753. The van der Waals surface area contributed by atoms with E-state index < -0.39 is 0 Å². The van der Waals surface area contributed by atoms with Crippen LogP contribution in [0, 0.1) is 5.92 Å². The molecular weight excluding hydrogens is 258 g/mol. The second kappa shape index (κ2) is 6.42. The highest BCUT2D eigenvalue weighted by Crippen LogP contribution is 2.33. The number of hydrogen-bond donors (Lipinski definition) is 0. The van der Waals surface area contributed by atoms with E-state index in [0.29, 0.717) is 16.6 Å². The molecule has 0 aliphatic heterocycles. The Bertz CT molecular complexity index is 438. The van der Waals surface area contributed by atoms with Crippen molar-refractivity contribution in [2.75, 3.05) is 11.9 Å². The van der Waals surface area contributed by atoms with E-state index in [4.69, 9.17) is 11.6 Å². The van der Waals surface area contributed by atoms with Gasteiger partial charge in [-0.15, -0.1) is 0 Å². The molecule has 2 nitrogen and oxygen atoms in total. The predicted octanol–water partition coefficient (Wildman–Crippen LogP) is 4.56. The number of nitrogens with zero attached hydrogens (tertiary/aromatic N) is 1. The number of carbonyl (C=O) groups excluding carboxylic acids is 1. The second-order valence-corrected chi connectivity index (χ2v) is 5.89. The fourth-order valence-electron chi connectivity index (χ4n) is 3.09. The number of aldehydes is 1. The summed E-state index contributed by atoms with van der Waals surface area (Å²) in [5, 5.41) is 0.543. The van der Waals surface area contributed by atoms with Gasteiger partial charge in [0, 0.05) is 18.8 Å². The maximum atomic E-state index is 11.2. The van der Waals surface area contributed by atoms with E-state index in [-0.39, 0.29) is 0 Å². The van der Waals surface area contributed by atoms with E-state index in [1.807, 2.05) is 12.1 Å². The lowest BCUT2D eigenvalue weighted by atomic mass is 9.84. The molecule has 0 unspecified atom stereocenters. The van der Waals surface area contributed by atoms with Crippen LogP contribution in [0.5, 0.6) is 0 Å². The van der Waals surface area contributed by atoms with Gasteiger partial charge in [-0.25, -0.2) is 0 Å². The molecule has 1 fully saturated rings. The van der Waals surface area contributed by atoms with Crippen LogP contribution in [0.3, 0.4) is 0 Å².